The summed E-state index contributed by atoms with van der Waals surface area (Å²) in [5.41, 5.74) is 0. The smallest absolute Gasteiger partial charge is 0.306 e. The van der Waals surface area contributed by atoms with Crippen LogP contribution < -0.4 is 0 Å². The molecule has 0 aliphatic carbocycles. The van der Waals surface area contributed by atoms with E-state index in [1.54, 1.807) is 0 Å². The SMILES string of the molecule is CC\C=C/C=C\C=C/C=C\C=C\C=C/CCCCCC(=O)OC(COC(=O)CCCCCCC/C=C\CCCCC)COC(=O)CCCCCCC/C=C\CCCCCCCCCCC. The Hall–Kier alpha value is -3.67. The molecule has 0 spiro atoms. The fourth-order valence-electron chi connectivity index (χ4n) is 7.17. The molecule has 0 fully saturated rings. The molecule has 0 amide bonds. The maximum atomic E-state index is 12.8. The number of carbonyl (C=O) groups is 3. The second-order valence-electron chi connectivity index (χ2n) is 17.5. The maximum Gasteiger partial charge on any atom is 0.306 e. The normalized spacial score (nSPS) is 12.8. The first-order chi connectivity index (χ1) is 32.0. The van der Waals surface area contributed by atoms with Crippen LogP contribution in [0.1, 0.15) is 239 Å². The summed E-state index contributed by atoms with van der Waals surface area (Å²) in [5.74, 6) is -0.965. The van der Waals surface area contributed by atoms with Gasteiger partial charge in [-0.15, -0.1) is 0 Å². The molecule has 0 aliphatic rings. The van der Waals surface area contributed by atoms with Crippen LogP contribution in [0.15, 0.2) is 97.2 Å². The number of hydrogen-bond acceptors (Lipinski definition) is 6. The van der Waals surface area contributed by atoms with Gasteiger partial charge >= 0.3 is 17.9 Å². The lowest BCUT2D eigenvalue weighted by Gasteiger charge is -2.18. The Morgan fingerprint density at radius 3 is 1.03 bits per heavy atom. The average molecular weight is 903 g/mol. The van der Waals surface area contributed by atoms with Gasteiger partial charge in [-0.05, 0) is 89.9 Å². The highest BCUT2D eigenvalue weighted by molar-refractivity contribution is 5.71. The third kappa shape index (κ3) is 51.2. The number of allylic oxidation sites excluding steroid dienone is 16. The van der Waals surface area contributed by atoms with Gasteiger partial charge < -0.3 is 14.2 Å². The van der Waals surface area contributed by atoms with Gasteiger partial charge in [-0.2, -0.15) is 0 Å². The van der Waals surface area contributed by atoms with Crippen LogP contribution in [0.5, 0.6) is 0 Å². The molecule has 0 rings (SSSR count). The Bertz CT molecular complexity index is 1310. The van der Waals surface area contributed by atoms with E-state index in [2.05, 4.69) is 57.2 Å². The van der Waals surface area contributed by atoms with Gasteiger partial charge in [0.25, 0.3) is 0 Å². The van der Waals surface area contributed by atoms with Crippen molar-refractivity contribution in [3.05, 3.63) is 97.2 Å². The molecule has 0 N–H and O–H groups in total. The number of carbonyl (C=O) groups excluding carboxylic acids is 3. The third-order valence-electron chi connectivity index (χ3n) is 11.2. The van der Waals surface area contributed by atoms with E-state index in [9.17, 15) is 14.4 Å². The molecule has 65 heavy (non-hydrogen) atoms. The van der Waals surface area contributed by atoms with Crippen LogP contribution in [0.4, 0.5) is 0 Å². The first kappa shape index (κ1) is 61.3. The molecule has 6 heteroatoms. The van der Waals surface area contributed by atoms with Gasteiger partial charge in [0.2, 0.25) is 0 Å². The number of ether oxygens (including phenoxy) is 3. The summed E-state index contributed by atoms with van der Waals surface area (Å²) in [5, 5.41) is 0. The Morgan fingerprint density at radius 2 is 0.615 bits per heavy atom. The zero-order valence-corrected chi connectivity index (χ0v) is 42.2. The molecule has 0 heterocycles. The quantitative estimate of drug-likeness (QED) is 0.0199. The van der Waals surface area contributed by atoms with Crippen molar-refractivity contribution in [2.75, 3.05) is 13.2 Å². The van der Waals surface area contributed by atoms with Gasteiger partial charge in [-0.1, -0.05) is 227 Å². The molecule has 1 atom stereocenters. The van der Waals surface area contributed by atoms with Crippen molar-refractivity contribution in [2.24, 2.45) is 0 Å². The summed E-state index contributed by atoms with van der Waals surface area (Å²) in [6.07, 6.45) is 69.6. The van der Waals surface area contributed by atoms with Crippen molar-refractivity contribution in [1.82, 2.24) is 0 Å². The van der Waals surface area contributed by atoms with Crippen molar-refractivity contribution < 1.29 is 28.6 Å². The van der Waals surface area contributed by atoms with Crippen molar-refractivity contribution in [3.63, 3.8) is 0 Å². The van der Waals surface area contributed by atoms with E-state index in [0.29, 0.717) is 19.3 Å². The van der Waals surface area contributed by atoms with Crippen molar-refractivity contribution in [2.45, 2.75) is 245 Å². The number of rotatable bonds is 47. The minimum absolute atomic E-state index is 0.103. The second-order valence-corrected chi connectivity index (χ2v) is 17.5. The van der Waals surface area contributed by atoms with Gasteiger partial charge in [0.05, 0.1) is 0 Å². The molecule has 0 aliphatic heterocycles. The Morgan fingerprint density at radius 1 is 0.323 bits per heavy atom. The maximum absolute atomic E-state index is 12.8. The summed E-state index contributed by atoms with van der Waals surface area (Å²) in [6, 6.07) is 0. The third-order valence-corrected chi connectivity index (χ3v) is 11.2. The van der Waals surface area contributed by atoms with E-state index in [-0.39, 0.29) is 37.5 Å². The summed E-state index contributed by atoms with van der Waals surface area (Å²) in [4.78, 5) is 38.0. The van der Waals surface area contributed by atoms with E-state index >= 15 is 0 Å². The predicted molar refractivity (Wildman–Crippen MR) is 279 cm³/mol. The van der Waals surface area contributed by atoms with Crippen LogP contribution in [-0.4, -0.2) is 37.2 Å². The van der Waals surface area contributed by atoms with Crippen LogP contribution in [0.2, 0.25) is 0 Å². The molecule has 0 aromatic carbocycles. The highest BCUT2D eigenvalue weighted by Crippen LogP contribution is 2.14. The Kier molecular flexibility index (Phi) is 50.0. The molecule has 6 nitrogen and oxygen atoms in total. The van der Waals surface area contributed by atoms with E-state index in [0.717, 1.165) is 89.9 Å². The Balaban J connectivity index is 4.48. The highest BCUT2D eigenvalue weighted by Gasteiger charge is 2.19. The molecule has 0 saturated carbocycles. The first-order valence-electron chi connectivity index (χ1n) is 26.8. The van der Waals surface area contributed by atoms with Gasteiger partial charge in [-0.3, -0.25) is 14.4 Å². The molecule has 0 bridgehead atoms. The summed E-state index contributed by atoms with van der Waals surface area (Å²) < 4.78 is 16.8. The number of esters is 3. The minimum atomic E-state index is -0.808. The lowest BCUT2D eigenvalue weighted by Crippen LogP contribution is -2.30. The predicted octanol–water partition coefficient (Wildman–Crippen LogP) is 17.8. The van der Waals surface area contributed by atoms with E-state index < -0.39 is 6.10 Å². The first-order valence-corrected chi connectivity index (χ1v) is 26.8. The van der Waals surface area contributed by atoms with Crippen LogP contribution in [-0.2, 0) is 28.6 Å². The topological polar surface area (TPSA) is 78.9 Å². The molecule has 0 aromatic heterocycles. The van der Waals surface area contributed by atoms with Crippen LogP contribution in [0, 0.1) is 0 Å². The fourth-order valence-corrected chi connectivity index (χ4v) is 7.17. The monoisotopic (exact) mass is 903 g/mol. The number of hydrogen-bond donors (Lipinski definition) is 0. The molecule has 0 saturated heterocycles. The van der Waals surface area contributed by atoms with Gasteiger partial charge in [0.1, 0.15) is 13.2 Å². The van der Waals surface area contributed by atoms with Crippen molar-refractivity contribution >= 4 is 17.9 Å². The average Bonchev–Trinajstić information content (AvgIpc) is 3.30. The van der Waals surface area contributed by atoms with Gasteiger partial charge in [-0.25, -0.2) is 0 Å². The van der Waals surface area contributed by atoms with E-state index in [1.165, 1.54) is 103 Å². The molecule has 0 aromatic rings. The summed E-state index contributed by atoms with van der Waals surface area (Å²) >= 11 is 0. The summed E-state index contributed by atoms with van der Waals surface area (Å²) in [7, 11) is 0. The lowest BCUT2D eigenvalue weighted by molar-refractivity contribution is -0.167. The van der Waals surface area contributed by atoms with Crippen LogP contribution in [0.3, 0.4) is 0 Å². The number of unbranched alkanes of at least 4 members (excludes halogenated alkanes) is 25. The summed E-state index contributed by atoms with van der Waals surface area (Å²) in [6.45, 7) is 6.42. The molecule has 1 unspecified atom stereocenters. The molecular weight excluding hydrogens is 805 g/mol. The van der Waals surface area contributed by atoms with Crippen molar-refractivity contribution in [1.29, 1.82) is 0 Å². The Labute approximate surface area is 400 Å². The zero-order valence-electron chi connectivity index (χ0n) is 42.2. The highest BCUT2D eigenvalue weighted by atomic mass is 16.6. The second kappa shape index (κ2) is 52.9. The largest absolute Gasteiger partial charge is 0.462 e. The van der Waals surface area contributed by atoms with Crippen LogP contribution >= 0.6 is 0 Å². The standard InChI is InChI=1S/C59H98O6/c1-4-7-10-13-16-19-22-25-27-29-31-32-34-37-40-43-46-49-52-58(61)64-55-56(54-63-57(60)51-48-45-42-39-36-24-21-18-15-12-9-6-3)65-59(62)53-50-47-44-41-38-35-33-30-28-26-23-20-17-14-11-8-5-2/h8,11,14,17-18,20-21,23,26,28,30-33,35,38,56H,4-7,9-10,12-13,15-16,19,22,24-25,27,29,34,36-37,39-55H2,1-3H3/b11-8-,17-14-,21-18-,23-20-,28-26-,32-31-,33-30+,38-35-. The molecule has 370 valence electrons. The zero-order chi connectivity index (χ0) is 47.2. The van der Waals surface area contributed by atoms with E-state index in [1.807, 2.05) is 60.8 Å². The van der Waals surface area contributed by atoms with Crippen molar-refractivity contribution in [3.8, 4) is 0 Å². The van der Waals surface area contributed by atoms with Crippen LogP contribution in [0.25, 0.3) is 0 Å². The molecule has 0 radical (unpaired) electrons. The molecular formula is C59H98O6. The van der Waals surface area contributed by atoms with E-state index in [4.69, 9.17) is 14.2 Å². The fraction of sp³-hybridized carbons (Fsp3) is 0.678. The van der Waals surface area contributed by atoms with Gasteiger partial charge in [0.15, 0.2) is 6.10 Å². The van der Waals surface area contributed by atoms with Gasteiger partial charge in [0, 0.05) is 19.3 Å². The lowest BCUT2D eigenvalue weighted by atomic mass is 10.1. The minimum Gasteiger partial charge on any atom is -0.462 e.